The molecule has 1 heterocycles. The van der Waals surface area contributed by atoms with Crippen molar-refractivity contribution < 1.29 is 0 Å². The smallest absolute Gasteiger partial charge is 0.127 e. The summed E-state index contributed by atoms with van der Waals surface area (Å²) in [7, 11) is 0. The maximum Gasteiger partial charge on any atom is 0.127 e. The number of aromatic nitrogens is 1. The number of hydrogen-bond acceptors (Lipinski definition) is 4. The Morgan fingerprint density at radius 1 is 1.56 bits per heavy atom. The second kappa shape index (κ2) is 6.39. The van der Waals surface area contributed by atoms with Crippen LogP contribution in [0.25, 0.3) is 0 Å². The average molecular weight is 235 g/mol. The minimum absolute atomic E-state index is 0.413. The Kier molecular flexibility index (Phi) is 5.13. The van der Waals surface area contributed by atoms with Gasteiger partial charge in [0.2, 0.25) is 0 Å². The van der Waals surface area contributed by atoms with E-state index in [0.717, 1.165) is 23.7 Å². The Bertz CT molecular complexity index is 384. The van der Waals surface area contributed by atoms with Crippen LogP contribution in [0.5, 0.6) is 0 Å². The first kappa shape index (κ1) is 12.9. The van der Waals surface area contributed by atoms with E-state index in [4.69, 9.17) is 5.26 Å². The fourth-order valence-corrected chi connectivity index (χ4v) is 2.20. The molecule has 1 aromatic heterocycles. The summed E-state index contributed by atoms with van der Waals surface area (Å²) >= 11 is 1.81. The van der Waals surface area contributed by atoms with Crippen LogP contribution in [-0.4, -0.2) is 23.0 Å². The number of nitrogens with zero attached hydrogens (tertiary/aromatic N) is 2. The molecule has 0 fully saturated rings. The molecule has 0 aromatic carbocycles. The van der Waals surface area contributed by atoms with Gasteiger partial charge in [0.15, 0.2) is 0 Å². The van der Waals surface area contributed by atoms with Crippen molar-refractivity contribution in [3.8, 4) is 6.07 Å². The third-order valence-corrected chi connectivity index (χ3v) is 3.03. The highest BCUT2D eigenvalue weighted by Gasteiger charge is 2.07. The zero-order chi connectivity index (χ0) is 12.0. The standard InChI is InChI=1S/C12H17N3S/c1-4-11(8-16-3)15-12-6-10(7-13)5-9(2)14-12/h5-6,11H,4,8H2,1-3H3,(H,14,15). The molecule has 86 valence electrons. The van der Waals surface area contributed by atoms with Crippen LogP contribution < -0.4 is 5.32 Å². The van der Waals surface area contributed by atoms with Crippen molar-refractivity contribution >= 4 is 17.6 Å². The number of nitriles is 1. The number of thioether (sulfide) groups is 1. The van der Waals surface area contributed by atoms with Crippen molar-refractivity contribution in [2.75, 3.05) is 17.3 Å². The Morgan fingerprint density at radius 2 is 2.31 bits per heavy atom. The number of anilines is 1. The molecule has 0 spiro atoms. The molecule has 0 aliphatic carbocycles. The third-order valence-electron chi connectivity index (χ3n) is 2.30. The fraction of sp³-hybridized carbons (Fsp3) is 0.500. The predicted octanol–water partition coefficient (Wildman–Crippen LogP) is 2.82. The third kappa shape index (κ3) is 3.74. The fourth-order valence-electron chi connectivity index (χ4n) is 1.48. The van der Waals surface area contributed by atoms with Gasteiger partial charge in [-0.3, -0.25) is 0 Å². The molecule has 0 bridgehead atoms. The van der Waals surface area contributed by atoms with E-state index in [1.54, 1.807) is 12.1 Å². The highest BCUT2D eigenvalue weighted by Crippen LogP contribution is 2.13. The Balaban J connectivity index is 2.80. The molecule has 1 rings (SSSR count). The maximum atomic E-state index is 8.87. The van der Waals surface area contributed by atoms with E-state index in [0.29, 0.717) is 11.6 Å². The number of hydrogen-bond donors (Lipinski definition) is 1. The molecule has 1 aromatic rings. The highest BCUT2D eigenvalue weighted by atomic mass is 32.2. The monoisotopic (exact) mass is 235 g/mol. The molecule has 0 amide bonds. The molecule has 0 saturated heterocycles. The van der Waals surface area contributed by atoms with E-state index in [2.05, 4.69) is 29.5 Å². The summed E-state index contributed by atoms with van der Waals surface area (Å²) in [6.45, 7) is 4.05. The lowest BCUT2D eigenvalue weighted by molar-refractivity contribution is 0.769. The number of rotatable bonds is 5. The van der Waals surface area contributed by atoms with Gasteiger partial charge in [0.05, 0.1) is 11.6 Å². The molecule has 4 heteroatoms. The van der Waals surface area contributed by atoms with Crippen molar-refractivity contribution in [3.05, 3.63) is 23.4 Å². The van der Waals surface area contributed by atoms with Crippen molar-refractivity contribution in [3.63, 3.8) is 0 Å². The van der Waals surface area contributed by atoms with Gasteiger partial charge in [0.25, 0.3) is 0 Å². The maximum absolute atomic E-state index is 8.87. The Hall–Kier alpha value is -1.21. The van der Waals surface area contributed by atoms with Crippen LogP contribution in [0.3, 0.4) is 0 Å². The number of aryl methyl sites for hydroxylation is 1. The van der Waals surface area contributed by atoms with E-state index in [1.807, 2.05) is 18.7 Å². The molecule has 0 aliphatic rings. The minimum atomic E-state index is 0.413. The lowest BCUT2D eigenvalue weighted by Crippen LogP contribution is -2.21. The first-order valence-corrected chi connectivity index (χ1v) is 6.73. The molecule has 3 nitrogen and oxygen atoms in total. The van der Waals surface area contributed by atoms with Crippen molar-refractivity contribution in [1.82, 2.24) is 4.98 Å². The highest BCUT2D eigenvalue weighted by molar-refractivity contribution is 7.98. The molecule has 1 N–H and O–H groups in total. The average Bonchev–Trinajstić information content (AvgIpc) is 2.27. The zero-order valence-electron chi connectivity index (χ0n) is 9.95. The lowest BCUT2D eigenvalue weighted by Gasteiger charge is -2.16. The SMILES string of the molecule is CCC(CSC)Nc1cc(C#N)cc(C)n1. The van der Waals surface area contributed by atoms with Crippen LogP contribution in [0.15, 0.2) is 12.1 Å². The van der Waals surface area contributed by atoms with Crippen molar-refractivity contribution in [2.24, 2.45) is 0 Å². The molecule has 0 radical (unpaired) electrons. The largest absolute Gasteiger partial charge is 0.366 e. The first-order valence-electron chi connectivity index (χ1n) is 5.33. The predicted molar refractivity (Wildman–Crippen MR) is 69.8 cm³/mol. The summed E-state index contributed by atoms with van der Waals surface area (Å²) in [6.07, 6.45) is 3.15. The molecular formula is C12H17N3S. The van der Waals surface area contributed by atoms with E-state index < -0.39 is 0 Å². The zero-order valence-corrected chi connectivity index (χ0v) is 10.8. The van der Waals surface area contributed by atoms with Crippen LogP contribution in [0.4, 0.5) is 5.82 Å². The van der Waals surface area contributed by atoms with Gasteiger partial charge in [0, 0.05) is 17.5 Å². The van der Waals surface area contributed by atoms with Gasteiger partial charge in [-0.05, 0) is 31.7 Å². The Labute approximate surface area is 101 Å². The summed E-state index contributed by atoms with van der Waals surface area (Å²) in [5.41, 5.74) is 1.54. The van der Waals surface area contributed by atoms with Crippen LogP contribution in [0, 0.1) is 18.3 Å². The van der Waals surface area contributed by atoms with Crippen LogP contribution in [-0.2, 0) is 0 Å². The number of nitrogens with one attached hydrogen (secondary N) is 1. The normalized spacial score (nSPS) is 11.9. The van der Waals surface area contributed by atoms with E-state index in [9.17, 15) is 0 Å². The topological polar surface area (TPSA) is 48.7 Å². The summed E-state index contributed by atoms with van der Waals surface area (Å²) in [5, 5.41) is 12.2. The second-order valence-electron chi connectivity index (χ2n) is 3.70. The van der Waals surface area contributed by atoms with Gasteiger partial charge in [-0.1, -0.05) is 6.92 Å². The van der Waals surface area contributed by atoms with Gasteiger partial charge >= 0.3 is 0 Å². The molecule has 1 unspecified atom stereocenters. The molecular weight excluding hydrogens is 218 g/mol. The van der Waals surface area contributed by atoms with Gasteiger partial charge in [-0.2, -0.15) is 17.0 Å². The molecule has 1 atom stereocenters. The molecule has 0 aliphatic heterocycles. The molecule has 16 heavy (non-hydrogen) atoms. The van der Waals surface area contributed by atoms with Crippen LogP contribution >= 0.6 is 11.8 Å². The van der Waals surface area contributed by atoms with E-state index in [-0.39, 0.29) is 0 Å². The van der Waals surface area contributed by atoms with Crippen molar-refractivity contribution in [1.29, 1.82) is 5.26 Å². The van der Waals surface area contributed by atoms with Gasteiger partial charge in [-0.15, -0.1) is 0 Å². The van der Waals surface area contributed by atoms with E-state index >= 15 is 0 Å². The van der Waals surface area contributed by atoms with Gasteiger partial charge < -0.3 is 5.32 Å². The quantitative estimate of drug-likeness (QED) is 0.852. The summed E-state index contributed by atoms with van der Waals surface area (Å²) in [4.78, 5) is 4.38. The Morgan fingerprint density at radius 3 is 2.88 bits per heavy atom. The minimum Gasteiger partial charge on any atom is -0.366 e. The first-order chi connectivity index (χ1) is 7.69. The van der Waals surface area contributed by atoms with Crippen LogP contribution in [0.2, 0.25) is 0 Å². The lowest BCUT2D eigenvalue weighted by atomic mass is 10.2. The van der Waals surface area contributed by atoms with Gasteiger partial charge in [-0.25, -0.2) is 4.98 Å². The van der Waals surface area contributed by atoms with Gasteiger partial charge in [0.1, 0.15) is 5.82 Å². The number of pyridine rings is 1. The second-order valence-corrected chi connectivity index (χ2v) is 4.61. The summed E-state index contributed by atoms with van der Waals surface area (Å²) in [6, 6.07) is 6.15. The van der Waals surface area contributed by atoms with Crippen molar-refractivity contribution in [2.45, 2.75) is 26.3 Å². The molecule has 0 saturated carbocycles. The summed E-state index contributed by atoms with van der Waals surface area (Å²) < 4.78 is 0. The van der Waals surface area contributed by atoms with Crippen LogP contribution in [0.1, 0.15) is 24.6 Å². The summed E-state index contributed by atoms with van der Waals surface area (Å²) in [5.74, 6) is 1.85. The van der Waals surface area contributed by atoms with E-state index in [1.165, 1.54) is 0 Å².